The molecule has 2 N–H and O–H groups in total. The van der Waals surface area contributed by atoms with Crippen molar-refractivity contribution in [3.63, 3.8) is 0 Å². The van der Waals surface area contributed by atoms with Crippen LogP contribution in [0.25, 0.3) is 0 Å². The van der Waals surface area contributed by atoms with Gasteiger partial charge in [0.15, 0.2) is 0 Å². The molecular formula is C11H20N2O2. The summed E-state index contributed by atoms with van der Waals surface area (Å²) >= 11 is 0. The molecule has 0 radical (unpaired) electrons. The van der Waals surface area contributed by atoms with Crippen LogP contribution in [0.5, 0.6) is 0 Å². The molecule has 4 heteroatoms. The number of ether oxygens (including phenoxy) is 1. The van der Waals surface area contributed by atoms with Crippen molar-refractivity contribution in [2.24, 2.45) is 0 Å². The van der Waals surface area contributed by atoms with E-state index in [1.54, 1.807) is 0 Å². The molecule has 1 aliphatic heterocycles. The third-order valence-electron chi connectivity index (χ3n) is 2.39. The molecule has 0 saturated carbocycles. The van der Waals surface area contributed by atoms with E-state index >= 15 is 0 Å². The Labute approximate surface area is 91.1 Å². The van der Waals surface area contributed by atoms with Gasteiger partial charge in [0.25, 0.3) is 0 Å². The second kappa shape index (κ2) is 7.43. The van der Waals surface area contributed by atoms with Gasteiger partial charge in [0.1, 0.15) is 0 Å². The van der Waals surface area contributed by atoms with E-state index in [-0.39, 0.29) is 11.9 Å². The van der Waals surface area contributed by atoms with Crippen molar-refractivity contribution in [3.8, 4) is 0 Å². The zero-order valence-corrected chi connectivity index (χ0v) is 9.13. The van der Waals surface area contributed by atoms with E-state index < -0.39 is 0 Å². The minimum absolute atomic E-state index is 0.0122. The van der Waals surface area contributed by atoms with E-state index in [0.717, 1.165) is 25.8 Å². The molecule has 1 unspecified atom stereocenters. The molecule has 1 atom stereocenters. The highest BCUT2D eigenvalue weighted by molar-refractivity contribution is 5.81. The van der Waals surface area contributed by atoms with Crippen molar-refractivity contribution in [2.75, 3.05) is 26.3 Å². The van der Waals surface area contributed by atoms with Gasteiger partial charge in [-0.25, -0.2) is 0 Å². The molecule has 15 heavy (non-hydrogen) atoms. The summed E-state index contributed by atoms with van der Waals surface area (Å²) in [7, 11) is 0. The van der Waals surface area contributed by atoms with Crippen LogP contribution in [-0.2, 0) is 9.53 Å². The Kier molecular flexibility index (Phi) is 6.04. The van der Waals surface area contributed by atoms with Gasteiger partial charge in [0.05, 0.1) is 19.3 Å². The molecule has 1 aliphatic rings. The normalized spacial score (nSPS) is 20.1. The van der Waals surface area contributed by atoms with Gasteiger partial charge in [-0.05, 0) is 25.8 Å². The van der Waals surface area contributed by atoms with Crippen molar-refractivity contribution in [1.82, 2.24) is 10.6 Å². The van der Waals surface area contributed by atoms with Gasteiger partial charge in [-0.3, -0.25) is 4.79 Å². The lowest BCUT2D eigenvalue weighted by molar-refractivity contribution is -0.123. The molecule has 86 valence electrons. The van der Waals surface area contributed by atoms with Crippen LogP contribution in [0.4, 0.5) is 0 Å². The van der Waals surface area contributed by atoms with E-state index in [1.807, 2.05) is 6.08 Å². The molecule has 0 aromatic rings. The van der Waals surface area contributed by atoms with Crippen LogP contribution in [-0.4, -0.2) is 38.3 Å². The first-order valence-electron chi connectivity index (χ1n) is 5.54. The molecule has 1 rings (SSSR count). The standard InChI is InChI=1S/C11H20N2O2/c1-2-3-8-15-9-7-13-11(14)10-5-4-6-12-10/h2,10,12H,1,3-9H2,(H,13,14). The SMILES string of the molecule is C=CCCOCCNC(=O)C1CCCN1. The van der Waals surface area contributed by atoms with Crippen molar-refractivity contribution in [1.29, 1.82) is 0 Å². The quantitative estimate of drug-likeness (QED) is 0.476. The zero-order valence-electron chi connectivity index (χ0n) is 9.13. The van der Waals surface area contributed by atoms with Crippen molar-refractivity contribution in [2.45, 2.75) is 25.3 Å². The Hall–Kier alpha value is -0.870. The fraction of sp³-hybridized carbons (Fsp3) is 0.727. The Morgan fingerprint density at radius 2 is 2.47 bits per heavy atom. The average molecular weight is 212 g/mol. The Balaban J connectivity index is 1.94. The van der Waals surface area contributed by atoms with E-state index in [0.29, 0.717) is 19.8 Å². The van der Waals surface area contributed by atoms with Gasteiger partial charge in [-0.2, -0.15) is 0 Å². The van der Waals surface area contributed by atoms with Crippen LogP contribution < -0.4 is 10.6 Å². The lowest BCUT2D eigenvalue weighted by atomic mass is 10.2. The molecule has 1 fully saturated rings. The van der Waals surface area contributed by atoms with Gasteiger partial charge in [-0.1, -0.05) is 6.08 Å². The molecule has 0 bridgehead atoms. The summed E-state index contributed by atoms with van der Waals surface area (Å²) in [4.78, 5) is 11.5. The highest BCUT2D eigenvalue weighted by atomic mass is 16.5. The number of rotatable bonds is 7. The molecular weight excluding hydrogens is 192 g/mol. The maximum atomic E-state index is 11.5. The van der Waals surface area contributed by atoms with Crippen LogP contribution in [0.2, 0.25) is 0 Å². The van der Waals surface area contributed by atoms with Crippen molar-refractivity contribution in [3.05, 3.63) is 12.7 Å². The summed E-state index contributed by atoms with van der Waals surface area (Å²) in [5.74, 6) is 0.0971. The van der Waals surface area contributed by atoms with E-state index in [9.17, 15) is 4.79 Å². The Morgan fingerprint density at radius 1 is 1.60 bits per heavy atom. The van der Waals surface area contributed by atoms with Gasteiger partial charge in [0, 0.05) is 6.54 Å². The van der Waals surface area contributed by atoms with E-state index in [1.165, 1.54) is 0 Å². The third kappa shape index (κ3) is 4.95. The maximum absolute atomic E-state index is 11.5. The second-order valence-electron chi connectivity index (χ2n) is 3.63. The van der Waals surface area contributed by atoms with Crippen LogP contribution in [0.15, 0.2) is 12.7 Å². The minimum atomic E-state index is 0.0122. The fourth-order valence-electron chi connectivity index (χ4n) is 1.55. The number of hydrogen-bond acceptors (Lipinski definition) is 3. The first kappa shape index (κ1) is 12.2. The van der Waals surface area contributed by atoms with Gasteiger partial charge in [-0.15, -0.1) is 6.58 Å². The number of carbonyl (C=O) groups is 1. The summed E-state index contributed by atoms with van der Waals surface area (Å²) in [6.45, 7) is 6.40. The molecule has 0 aromatic carbocycles. The molecule has 0 aliphatic carbocycles. The smallest absolute Gasteiger partial charge is 0.237 e. The predicted molar refractivity (Wildman–Crippen MR) is 59.7 cm³/mol. The lowest BCUT2D eigenvalue weighted by Gasteiger charge is -2.10. The second-order valence-corrected chi connectivity index (χ2v) is 3.63. The lowest BCUT2D eigenvalue weighted by Crippen LogP contribution is -2.41. The summed E-state index contributed by atoms with van der Waals surface area (Å²) in [5, 5.41) is 6.00. The number of carbonyl (C=O) groups excluding carboxylic acids is 1. The van der Waals surface area contributed by atoms with Crippen LogP contribution in [0.3, 0.4) is 0 Å². The van der Waals surface area contributed by atoms with Gasteiger partial charge in [0.2, 0.25) is 5.91 Å². The summed E-state index contributed by atoms with van der Waals surface area (Å²) in [6, 6.07) is 0.0122. The molecule has 1 amide bonds. The van der Waals surface area contributed by atoms with Gasteiger partial charge < -0.3 is 15.4 Å². The van der Waals surface area contributed by atoms with Gasteiger partial charge >= 0.3 is 0 Å². The summed E-state index contributed by atoms with van der Waals surface area (Å²) in [5.41, 5.74) is 0. The van der Waals surface area contributed by atoms with E-state index in [4.69, 9.17) is 4.74 Å². The van der Waals surface area contributed by atoms with Crippen LogP contribution in [0, 0.1) is 0 Å². The highest BCUT2D eigenvalue weighted by Crippen LogP contribution is 2.03. The maximum Gasteiger partial charge on any atom is 0.237 e. The largest absolute Gasteiger partial charge is 0.379 e. The number of amides is 1. The predicted octanol–water partition coefficient (Wildman–Crippen LogP) is 0.447. The van der Waals surface area contributed by atoms with Crippen molar-refractivity contribution < 1.29 is 9.53 Å². The zero-order chi connectivity index (χ0) is 10.9. The Bertz CT molecular complexity index is 201. The first-order valence-corrected chi connectivity index (χ1v) is 5.54. The molecule has 0 aromatic heterocycles. The average Bonchev–Trinajstić information content (AvgIpc) is 2.76. The van der Waals surface area contributed by atoms with E-state index in [2.05, 4.69) is 17.2 Å². The number of nitrogens with one attached hydrogen (secondary N) is 2. The van der Waals surface area contributed by atoms with Crippen LogP contribution in [0.1, 0.15) is 19.3 Å². The summed E-state index contributed by atoms with van der Waals surface area (Å²) in [6.07, 6.45) is 4.72. The minimum Gasteiger partial charge on any atom is -0.379 e. The van der Waals surface area contributed by atoms with Crippen molar-refractivity contribution >= 4 is 5.91 Å². The third-order valence-corrected chi connectivity index (χ3v) is 2.39. The molecule has 0 spiro atoms. The highest BCUT2D eigenvalue weighted by Gasteiger charge is 2.20. The molecule has 4 nitrogen and oxygen atoms in total. The first-order chi connectivity index (χ1) is 7.34. The monoisotopic (exact) mass is 212 g/mol. The Morgan fingerprint density at radius 3 is 3.13 bits per heavy atom. The molecule has 1 heterocycles. The van der Waals surface area contributed by atoms with Crippen LogP contribution >= 0.6 is 0 Å². The fourth-order valence-corrected chi connectivity index (χ4v) is 1.55. The number of hydrogen-bond donors (Lipinski definition) is 2. The molecule has 1 saturated heterocycles. The summed E-state index contributed by atoms with van der Waals surface area (Å²) < 4.78 is 5.28. The topological polar surface area (TPSA) is 50.4 Å².